The van der Waals surface area contributed by atoms with Gasteiger partial charge in [-0.1, -0.05) is 11.6 Å². The molecule has 1 heterocycles. The largest absolute Gasteiger partial charge is 0.480 e. The number of esters is 1. The van der Waals surface area contributed by atoms with Crippen LogP contribution in [0.2, 0.25) is 5.02 Å². The van der Waals surface area contributed by atoms with Gasteiger partial charge in [0.05, 0.1) is 11.6 Å². The van der Waals surface area contributed by atoms with E-state index in [0.29, 0.717) is 22.9 Å². The van der Waals surface area contributed by atoms with Gasteiger partial charge in [-0.3, -0.25) is 4.98 Å². The number of fused-ring (bicyclic) bond motifs is 1. The van der Waals surface area contributed by atoms with E-state index in [2.05, 4.69) is 4.98 Å². The van der Waals surface area contributed by atoms with Crippen LogP contribution < -0.4 is 4.74 Å². The SMILES string of the molecule is COCCOC(=O)COc1ccc(Cl)c2cccnc12. The van der Waals surface area contributed by atoms with Crippen molar-refractivity contribution >= 4 is 28.5 Å². The van der Waals surface area contributed by atoms with Gasteiger partial charge in [-0.25, -0.2) is 4.79 Å². The summed E-state index contributed by atoms with van der Waals surface area (Å²) >= 11 is 6.08. The Bertz CT molecular complexity index is 603. The second kappa shape index (κ2) is 7.07. The Hall–Kier alpha value is -1.85. The van der Waals surface area contributed by atoms with Gasteiger partial charge in [0.25, 0.3) is 0 Å². The van der Waals surface area contributed by atoms with Gasteiger partial charge < -0.3 is 14.2 Å². The molecule has 0 fully saturated rings. The van der Waals surface area contributed by atoms with Crippen LogP contribution in [0.5, 0.6) is 5.75 Å². The molecule has 106 valence electrons. The molecule has 0 spiro atoms. The highest BCUT2D eigenvalue weighted by Crippen LogP contribution is 2.29. The van der Waals surface area contributed by atoms with Gasteiger partial charge in [0, 0.05) is 18.7 Å². The number of ether oxygens (including phenoxy) is 3. The lowest BCUT2D eigenvalue weighted by atomic mass is 10.2. The quantitative estimate of drug-likeness (QED) is 0.605. The Morgan fingerprint density at radius 2 is 2.15 bits per heavy atom. The van der Waals surface area contributed by atoms with Crippen LogP contribution in [0.15, 0.2) is 30.5 Å². The van der Waals surface area contributed by atoms with E-state index in [1.807, 2.05) is 6.07 Å². The number of hydrogen-bond donors (Lipinski definition) is 0. The fourth-order valence-corrected chi connectivity index (χ4v) is 1.86. The summed E-state index contributed by atoms with van der Waals surface area (Å²) in [4.78, 5) is 15.7. The summed E-state index contributed by atoms with van der Waals surface area (Å²) in [6.07, 6.45) is 1.64. The molecule has 0 aliphatic carbocycles. The van der Waals surface area contributed by atoms with Gasteiger partial charge >= 0.3 is 5.97 Å². The predicted molar refractivity (Wildman–Crippen MR) is 75.1 cm³/mol. The first-order valence-corrected chi connectivity index (χ1v) is 6.40. The molecule has 2 rings (SSSR count). The fourth-order valence-electron chi connectivity index (χ4n) is 1.65. The van der Waals surface area contributed by atoms with Gasteiger partial charge in [-0.05, 0) is 24.3 Å². The van der Waals surface area contributed by atoms with Gasteiger partial charge in [0.2, 0.25) is 0 Å². The van der Waals surface area contributed by atoms with Crippen LogP contribution in [0.25, 0.3) is 10.9 Å². The number of halogens is 1. The topological polar surface area (TPSA) is 57.7 Å². The summed E-state index contributed by atoms with van der Waals surface area (Å²) in [5.41, 5.74) is 0.615. The highest BCUT2D eigenvalue weighted by atomic mass is 35.5. The fraction of sp³-hybridized carbons (Fsp3) is 0.286. The standard InChI is InChI=1S/C14H14ClNO4/c1-18-7-8-19-13(17)9-20-12-5-4-11(15)10-3-2-6-16-14(10)12/h2-6H,7-9H2,1H3. The number of pyridine rings is 1. The molecule has 0 radical (unpaired) electrons. The summed E-state index contributed by atoms with van der Waals surface area (Å²) in [5, 5.41) is 1.36. The second-order valence-corrected chi connectivity index (χ2v) is 4.35. The predicted octanol–water partition coefficient (Wildman–Crippen LogP) is 2.46. The smallest absolute Gasteiger partial charge is 0.344 e. The molecule has 0 unspecified atom stereocenters. The number of carbonyl (C=O) groups excluding carboxylic acids is 1. The normalized spacial score (nSPS) is 10.5. The van der Waals surface area contributed by atoms with Crippen LogP contribution in [0.4, 0.5) is 0 Å². The van der Waals surface area contributed by atoms with Crippen molar-refractivity contribution in [2.24, 2.45) is 0 Å². The molecule has 5 nitrogen and oxygen atoms in total. The number of aromatic nitrogens is 1. The number of carbonyl (C=O) groups is 1. The minimum absolute atomic E-state index is 0.184. The third-order valence-corrected chi connectivity index (χ3v) is 2.91. The van der Waals surface area contributed by atoms with E-state index >= 15 is 0 Å². The Morgan fingerprint density at radius 3 is 2.95 bits per heavy atom. The molecule has 6 heteroatoms. The Kier molecular flexibility index (Phi) is 5.15. The highest BCUT2D eigenvalue weighted by Gasteiger charge is 2.09. The van der Waals surface area contributed by atoms with E-state index in [9.17, 15) is 4.79 Å². The van der Waals surface area contributed by atoms with Crippen molar-refractivity contribution in [1.29, 1.82) is 0 Å². The molecule has 0 aliphatic rings. The molecular weight excluding hydrogens is 282 g/mol. The maximum Gasteiger partial charge on any atom is 0.344 e. The van der Waals surface area contributed by atoms with E-state index in [-0.39, 0.29) is 13.2 Å². The van der Waals surface area contributed by atoms with Gasteiger partial charge in [-0.2, -0.15) is 0 Å². The van der Waals surface area contributed by atoms with Crippen LogP contribution >= 0.6 is 11.6 Å². The number of rotatable bonds is 6. The van der Waals surface area contributed by atoms with E-state index in [1.54, 1.807) is 24.4 Å². The van der Waals surface area contributed by atoms with Crippen LogP contribution in [0, 0.1) is 0 Å². The molecule has 0 saturated heterocycles. The summed E-state index contributed by atoms with van der Waals surface area (Å²) in [6.45, 7) is 0.381. The zero-order valence-corrected chi connectivity index (χ0v) is 11.7. The van der Waals surface area contributed by atoms with Crippen LogP contribution in [0.1, 0.15) is 0 Å². The average Bonchev–Trinajstić information content (AvgIpc) is 2.47. The molecule has 0 atom stereocenters. The summed E-state index contributed by atoms with van der Waals surface area (Å²) in [7, 11) is 1.54. The van der Waals surface area contributed by atoms with E-state index in [0.717, 1.165) is 5.39 Å². The van der Waals surface area contributed by atoms with E-state index in [1.165, 1.54) is 7.11 Å². The zero-order chi connectivity index (χ0) is 14.4. The molecule has 0 aliphatic heterocycles. The summed E-state index contributed by atoms with van der Waals surface area (Å²) in [6, 6.07) is 7.02. The lowest BCUT2D eigenvalue weighted by Crippen LogP contribution is -2.17. The van der Waals surface area contributed by atoms with E-state index < -0.39 is 5.97 Å². The molecule has 1 aromatic carbocycles. The van der Waals surface area contributed by atoms with Gasteiger partial charge in [0.15, 0.2) is 6.61 Å². The highest BCUT2D eigenvalue weighted by molar-refractivity contribution is 6.35. The average molecular weight is 296 g/mol. The number of hydrogen-bond acceptors (Lipinski definition) is 5. The summed E-state index contributed by atoms with van der Waals surface area (Å²) in [5.74, 6) is 0.0368. The van der Waals surface area contributed by atoms with Crippen LogP contribution in [-0.4, -0.2) is 37.9 Å². The number of nitrogens with zero attached hydrogens (tertiary/aromatic N) is 1. The lowest BCUT2D eigenvalue weighted by Gasteiger charge is -2.09. The number of benzene rings is 1. The van der Waals surface area contributed by atoms with Crippen molar-refractivity contribution in [1.82, 2.24) is 4.98 Å². The lowest BCUT2D eigenvalue weighted by molar-refractivity contribution is -0.147. The Morgan fingerprint density at radius 1 is 1.30 bits per heavy atom. The van der Waals surface area contributed by atoms with Crippen molar-refractivity contribution in [2.45, 2.75) is 0 Å². The molecule has 0 saturated carbocycles. The first kappa shape index (κ1) is 14.6. The first-order valence-electron chi connectivity index (χ1n) is 6.03. The maximum atomic E-state index is 11.4. The van der Waals surface area contributed by atoms with E-state index in [4.69, 9.17) is 25.8 Å². The first-order chi connectivity index (χ1) is 9.72. The third-order valence-electron chi connectivity index (χ3n) is 2.58. The second-order valence-electron chi connectivity index (χ2n) is 3.95. The molecular formula is C14H14ClNO4. The van der Waals surface area contributed by atoms with Crippen molar-refractivity contribution in [3.8, 4) is 5.75 Å². The maximum absolute atomic E-state index is 11.4. The van der Waals surface area contributed by atoms with Gasteiger partial charge in [0.1, 0.15) is 17.9 Å². The Balaban J connectivity index is 2.03. The number of methoxy groups -OCH3 is 1. The minimum atomic E-state index is -0.457. The van der Waals surface area contributed by atoms with Crippen LogP contribution in [0.3, 0.4) is 0 Å². The van der Waals surface area contributed by atoms with Gasteiger partial charge in [-0.15, -0.1) is 0 Å². The molecule has 0 bridgehead atoms. The minimum Gasteiger partial charge on any atom is -0.480 e. The van der Waals surface area contributed by atoms with Crippen LogP contribution in [-0.2, 0) is 14.3 Å². The van der Waals surface area contributed by atoms with Crippen molar-refractivity contribution in [2.75, 3.05) is 26.9 Å². The van der Waals surface area contributed by atoms with Crippen molar-refractivity contribution < 1.29 is 19.0 Å². The van der Waals surface area contributed by atoms with Crippen molar-refractivity contribution in [3.05, 3.63) is 35.5 Å². The third kappa shape index (κ3) is 3.59. The Labute approximate surface area is 121 Å². The van der Waals surface area contributed by atoms with Crippen molar-refractivity contribution in [3.63, 3.8) is 0 Å². The molecule has 1 aromatic heterocycles. The zero-order valence-electron chi connectivity index (χ0n) is 11.0. The molecule has 2 aromatic rings. The molecule has 0 N–H and O–H groups in total. The molecule has 0 amide bonds. The summed E-state index contributed by atoms with van der Waals surface area (Å²) < 4.78 is 15.1. The molecule has 20 heavy (non-hydrogen) atoms. The monoisotopic (exact) mass is 295 g/mol.